The van der Waals surface area contributed by atoms with Crippen LogP contribution in [0.15, 0.2) is 60.6 Å². The maximum absolute atomic E-state index is 10.7. The molecular formula is C23H23N5O3. The highest BCUT2D eigenvalue weighted by Crippen LogP contribution is 2.33. The van der Waals surface area contributed by atoms with E-state index >= 15 is 0 Å². The Bertz CT molecular complexity index is 1300. The number of nitrogens with zero attached hydrogens (tertiary/aromatic N) is 4. The van der Waals surface area contributed by atoms with Crippen LogP contribution in [-0.4, -0.2) is 55.6 Å². The summed E-state index contributed by atoms with van der Waals surface area (Å²) in [5, 5.41) is 26.3. The first kappa shape index (κ1) is 19.5. The third-order valence-electron chi connectivity index (χ3n) is 5.79. The summed E-state index contributed by atoms with van der Waals surface area (Å²) >= 11 is 0. The van der Waals surface area contributed by atoms with E-state index in [-0.39, 0.29) is 6.61 Å². The van der Waals surface area contributed by atoms with Crippen molar-refractivity contribution in [2.75, 3.05) is 19.0 Å². The van der Waals surface area contributed by atoms with Gasteiger partial charge in [0.1, 0.15) is 42.4 Å². The maximum atomic E-state index is 10.7. The lowest BCUT2D eigenvalue weighted by molar-refractivity contribution is 0.0295. The molecule has 0 unspecified atom stereocenters. The highest BCUT2D eigenvalue weighted by atomic mass is 16.5. The third-order valence-corrected chi connectivity index (χ3v) is 5.79. The zero-order chi connectivity index (χ0) is 21.5. The van der Waals surface area contributed by atoms with Gasteiger partial charge in [-0.05, 0) is 42.8 Å². The van der Waals surface area contributed by atoms with Gasteiger partial charge in [0.2, 0.25) is 0 Å². The minimum atomic E-state index is -1.01. The summed E-state index contributed by atoms with van der Waals surface area (Å²) < 4.78 is 7.79. The normalized spacial score (nSPS) is 20.9. The molecule has 0 saturated carbocycles. The Kier molecular flexibility index (Phi) is 4.80. The third kappa shape index (κ3) is 3.39. The second-order valence-corrected chi connectivity index (χ2v) is 7.68. The number of aromatic nitrogens is 4. The SMILES string of the molecule is CNc1ccc2ccc(OCC3=C[C@@H](n4ccc5c(C)ncnc54)[C@H](O)[C@@H]3O)cc2n1. The largest absolute Gasteiger partial charge is 0.489 e. The molecular weight excluding hydrogens is 394 g/mol. The summed E-state index contributed by atoms with van der Waals surface area (Å²) in [7, 11) is 1.82. The number of nitrogens with one attached hydrogen (secondary N) is 1. The molecule has 0 fully saturated rings. The van der Waals surface area contributed by atoms with Gasteiger partial charge in [0, 0.05) is 30.1 Å². The summed E-state index contributed by atoms with van der Waals surface area (Å²) in [5.41, 5.74) is 3.04. The molecule has 0 bridgehead atoms. The van der Waals surface area contributed by atoms with Gasteiger partial charge in [0.25, 0.3) is 0 Å². The summed E-state index contributed by atoms with van der Waals surface area (Å²) in [4.78, 5) is 13.1. The number of pyridine rings is 1. The molecule has 3 N–H and O–H groups in total. The lowest BCUT2D eigenvalue weighted by Crippen LogP contribution is -2.30. The summed E-state index contributed by atoms with van der Waals surface area (Å²) in [6, 6.07) is 11.1. The second-order valence-electron chi connectivity index (χ2n) is 7.68. The summed E-state index contributed by atoms with van der Waals surface area (Å²) in [6.07, 6.45) is 3.22. The van der Waals surface area contributed by atoms with Crippen LogP contribution < -0.4 is 10.1 Å². The molecule has 0 amide bonds. The second kappa shape index (κ2) is 7.64. The van der Waals surface area contributed by atoms with Crippen LogP contribution in [-0.2, 0) is 0 Å². The number of ether oxygens (including phenoxy) is 1. The fourth-order valence-corrected chi connectivity index (χ4v) is 4.03. The van der Waals surface area contributed by atoms with Crippen molar-refractivity contribution in [2.24, 2.45) is 0 Å². The predicted molar refractivity (Wildman–Crippen MR) is 118 cm³/mol. The number of hydrogen-bond acceptors (Lipinski definition) is 7. The molecule has 4 aromatic rings. The highest BCUT2D eigenvalue weighted by Gasteiger charge is 2.36. The molecule has 8 heteroatoms. The zero-order valence-corrected chi connectivity index (χ0v) is 17.2. The van der Waals surface area contributed by atoms with E-state index in [9.17, 15) is 10.2 Å². The number of rotatable bonds is 5. The number of aryl methyl sites for hydroxylation is 1. The van der Waals surface area contributed by atoms with Gasteiger partial charge in [-0.25, -0.2) is 15.0 Å². The number of benzene rings is 1. The fraction of sp³-hybridized carbons (Fsp3) is 0.261. The van der Waals surface area contributed by atoms with Crippen LogP contribution in [0.1, 0.15) is 11.7 Å². The molecule has 5 rings (SSSR count). The summed E-state index contributed by atoms with van der Waals surface area (Å²) in [5.74, 6) is 1.43. The van der Waals surface area contributed by atoms with Crippen molar-refractivity contribution in [1.82, 2.24) is 19.5 Å². The van der Waals surface area contributed by atoms with Crippen LogP contribution in [0.4, 0.5) is 5.82 Å². The Morgan fingerprint density at radius 1 is 1.13 bits per heavy atom. The minimum absolute atomic E-state index is 0.166. The Labute approximate surface area is 178 Å². The fourth-order valence-electron chi connectivity index (χ4n) is 4.03. The molecule has 0 saturated heterocycles. The number of hydrogen-bond donors (Lipinski definition) is 3. The summed E-state index contributed by atoms with van der Waals surface area (Å²) in [6.45, 7) is 2.08. The van der Waals surface area contributed by atoms with Crippen molar-refractivity contribution in [1.29, 1.82) is 0 Å². The monoisotopic (exact) mass is 417 g/mol. The number of anilines is 1. The van der Waals surface area contributed by atoms with Crippen molar-refractivity contribution in [3.63, 3.8) is 0 Å². The molecule has 1 aromatic carbocycles. The predicted octanol–water partition coefficient (Wildman–Crippen LogP) is 2.61. The van der Waals surface area contributed by atoms with Crippen LogP contribution in [0, 0.1) is 6.92 Å². The van der Waals surface area contributed by atoms with Crippen molar-refractivity contribution in [3.8, 4) is 5.75 Å². The molecule has 3 heterocycles. The Morgan fingerprint density at radius 3 is 2.81 bits per heavy atom. The van der Waals surface area contributed by atoms with Crippen LogP contribution in [0.3, 0.4) is 0 Å². The van der Waals surface area contributed by atoms with Gasteiger partial charge < -0.3 is 24.8 Å². The molecule has 1 aliphatic rings. The van der Waals surface area contributed by atoms with Gasteiger partial charge in [-0.2, -0.15) is 0 Å². The van der Waals surface area contributed by atoms with Gasteiger partial charge in [0.15, 0.2) is 0 Å². The molecule has 3 atom stereocenters. The Morgan fingerprint density at radius 2 is 1.97 bits per heavy atom. The van der Waals surface area contributed by atoms with Crippen molar-refractivity contribution in [2.45, 2.75) is 25.2 Å². The van der Waals surface area contributed by atoms with Gasteiger partial charge in [-0.1, -0.05) is 6.08 Å². The van der Waals surface area contributed by atoms with E-state index in [1.807, 2.05) is 67.2 Å². The number of aliphatic hydroxyl groups is 2. The quantitative estimate of drug-likeness (QED) is 0.429. The van der Waals surface area contributed by atoms with Gasteiger partial charge in [-0.15, -0.1) is 0 Å². The van der Waals surface area contributed by atoms with Crippen molar-refractivity contribution >= 4 is 27.8 Å². The first-order valence-corrected chi connectivity index (χ1v) is 10.1. The Hall–Kier alpha value is -3.49. The minimum Gasteiger partial charge on any atom is -0.489 e. The first-order valence-electron chi connectivity index (χ1n) is 10.1. The molecule has 8 nitrogen and oxygen atoms in total. The molecule has 158 valence electrons. The van der Waals surface area contributed by atoms with E-state index in [1.165, 1.54) is 6.33 Å². The van der Waals surface area contributed by atoms with E-state index in [0.717, 1.165) is 33.4 Å². The molecule has 0 spiro atoms. The van der Waals surface area contributed by atoms with E-state index in [0.29, 0.717) is 11.3 Å². The van der Waals surface area contributed by atoms with Crippen LogP contribution in [0.25, 0.3) is 21.9 Å². The van der Waals surface area contributed by atoms with Crippen LogP contribution in [0.5, 0.6) is 5.75 Å². The average Bonchev–Trinajstić information content (AvgIpc) is 3.34. The van der Waals surface area contributed by atoms with Gasteiger partial charge >= 0.3 is 0 Å². The van der Waals surface area contributed by atoms with E-state index < -0.39 is 18.2 Å². The van der Waals surface area contributed by atoms with Crippen molar-refractivity contribution < 1.29 is 14.9 Å². The highest BCUT2D eigenvalue weighted by molar-refractivity contribution is 5.81. The zero-order valence-electron chi connectivity index (χ0n) is 17.2. The number of fused-ring (bicyclic) bond motifs is 2. The molecule has 0 radical (unpaired) electrons. The van der Waals surface area contributed by atoms with E-state index in [1.54, 1.807) is 0 Å². The topological polar surface area (TPSA) is 105 Å². The maximum Gasteiger partial charge on any atom is 0.144 e. The standard InChI is InChI=1S/C23H23N5O3/c1-13-17-7-8-28(23(17)26-12-25-13)19-9-15(21(29)22(19)30)11-31-16-5-3-14-4-6-20(24-2)27-18(14)10-16/h3-10,12,19,21-22,29-30H,11H2,1-2H3,(H,24,27)/t19-,21-,22+/m1/s1. The molecule has 31 heavy (non-hydrogen) atoms. The smallest absolute Gasteiger partial charge is 0.144 e. The van der Waals surface area contributed by atoms with Crippen LogP contribution >= 0.6 is 0 Å². The van der Waals surface area contributed by atoms with Crippen molar-refractivity contribution in [3.05, 3.63) is 66.3 Å². The van der Waals surface area contributed by atoms with E-state index in [2.05, 4.69) is 20.3 Å². The van der Waals surface area contributed by atoms with Crippen LogP contribution in [0.2, 0.25) is 0 Å². The molecule has 1 aliphatic carbocycles. The molecule has 0 aliphatic heterocycles. The van der Waals surface area contributed by atoms with E-state index in [4.69, 9.17) is 4.74 Å². The average molecular weight is 417 g/mol. The Balaban J connectivity index is 1.39. The first-order chi connectivity index (χ1) is 15.0. The lowest BCUT2D eigenvalue weighted by Gasteiger charge is -2.19. The van der Waals surface area contributed by atoms with Gasteiger partial charge in [0.05, 0.1) is 17.3 Å². The number of aliphatic hydroxyl groups excluding tert-OH is 2. The van der Waals surface area contributed by atoms with Gasteiger partial charge in [-0.3, -0.25) is 0 Å². The lowest BCUT2D eigenvalue weighted by atomic mass is 10.1. The molecule has 3 aromatic heterocycles.